The Labute approximate surface area is 129 Å². The highest BCUT2D eigenvalue weighted by molar-refractivity contribution is 7.10. The smallest absolute Gasteiger partial charge is 0.307 e. The highest BCUT2D eigenvalue weighted by Crippen LogP contribution is 2.25. The van der Waals surface area contributed by atoms with E-state index in [9.17, 15) is 9.59 Å². The number of carbonyl (C=O) groups excluding carboxylic acids is 1. The van der Waals surface area contributed by atoms with E-state index < -0.39 is 5.97 Å². The van der Waals surface area contributed by atoms with Crippen LogP contribution in [0.1, 0.15) is 31.2 Å². The molecule has 0 aromatic carbocycles. The summed E-state index contributed by atoms with van der Waals surface area (Å²) >= 11 is 1.64. The van der Waals surface area contributed by atoms with Crippen molar-refractivity contribution in [3.8, 4) is 0 Å². The van der Waals surface area contributed by atoms with Crippen molar-refractivity contribution in [1.29, 1.82) is 0 Å². The number of amides is 1. The maximum atomic E-state index is 12.2. The summed E-state index contributed by atoms with van der Waals surface area (Å²) in [7, 11) is 0. The van der Waals surface area contributed by atoms with Crippen LogP contribution in [0.25, 0.3) is 0 Å². The summed E-state index contributed by atoms with van der Waals surface area (Å²) in [6.45, 7) is 5.59. The number of nitrogens with zero attached hydrogens (tertiary/aromatic N) is 1. The molecule has 1 amide bonds. The van der Waals surface area contributed by atoms with Gasteiger partial charge in [0.05, 0.1) is 18.5 Å². The average molecular weight is 310 g/mol. The van der Waals surface area contributed by atoms with Crippen molar-refractivity contribution in [2.45, 2.75) is 26.3 Å². The Morgan fingerprint density at radius 3 is 2.81 bits per heavy atom. The third kappa shape index (κ3) is 4.28. The second-order valence-corrected chi connectivity index (χ2v) is 6.84. The molecule has 1 aromatic rings. The normalized spacial score (nSPS) is 20.6. The first-order valence-corrected chi connectivity index (χ1v) is 8.13. The van der Waals surface area contributed by atoms with Gasteiger partial charge in [-0.25, -0.2) is 0 Å². The summed E-state index contributed by atoms with van der Waals surface area (Å²) in [5.74, 6) is -0.821. The van der Waals surface area contributed by atoms with Gasteiger partial charge in [-0.15, -0.1) is 11.3 Å². The second kappa shape index (κ2) is 7.04. The van der Waals surface area contributed by atoms with Crippen LogP contribution >= 0.6 is 11.3 Å². The van der Waals surface area contributed by atoms with Gasteiger partial charge in [-0.2, -0.15) is 0 Å². The zero-order valence-corrected chi connectivity index (χ0v) is 13.2. The van der Waals surface area contributed by atoms with Gasteiger partial charge in [0.15, 0.2) is 0 Å². The van der Waals surface area contributed by atoms with Crippen molar-refractivity contribution in [3.63, 3.8) is 0 Å². The van der Waals surface area contributed by atoms with E-state index in [1.807, 2.05) is 22.4 Å². The van der Waals surface area contributed by atoms with E-state index in [1.165, 1.54) is 0 Å². The molecule has 5 nitrogen and oxygen atoms in total. The van der Waals surface area contributed by atoms with E-state index in [4.69, 9.17) is 5.11 Å². The molecule has 6 heteroatoms. The van der Waals surface area contributed by atoms with Gasteiger partial charge in [-0.3, -0.25) is 14.5 Å². The van der Waals surface area contributed by atoms with Gasteiger partial charge in [0, 0.05) is 11.4 Å². The Balaban J connectivity index is 1.87. The number of likely N-dealkylation sites (tertiary alicyclic amines) is 1. The maximum absolute atomic E-state index is 12.2. The van der Waals surface area contributed by atoms with E-state index in [2.05, 4.69) is 19.2 Å². The van der Waals surface area contributed by atoms with E-state index in [1.54, 1.807) is 11.3 Å². The summed E-state index contributed by atoms with van der Waals surface area (Å²) in [6.07, 6.45) is 0.626. The van der Waals surface area contributed by atoms with Crippen molar-refractivity contribution in [3.05, 3.63) is 22.4 Å². The summed E-state index contributed by atoms with van der Waals surface area (Å²) in [6, 6.07) is 4.04. The van der Waals surface area contributed by atoms with Crippen LogP contribution in [0.3, 0.4) is 0 Å². The number of carbonyl (C=O) groups is 2. The Kier molecular flexibility index (Phi) is 5.36. The van der Waals surface area contributed by atoms with E-state index in [0.717, 1.165) is 4.88 Å². The predicted octanol–water partition coefficient (Wildman–Crippen LogP) is 1.97. The Bertz CT molecular complexity index is 487. The first kappa shape index (κ1) is 16.0. The van der Waals surface area contributed by atoms with Crippen molar-refractivity contribution >= 4 is 23.2 Å². The Morgan fingerprint density at radius 2 is 2.29 bits per heavy atom. The molecule has 116 valence electrons. The van der Waals surface area contributed by atoms with Gasteiger partial charge in [0.25, 0.3) is 0 Å². The first-order chi connectivity index (χ1) is 9.97. The summed E-state index contributed by atoms with van der Waals surface area (Å²) in [4.78, 5) is 26.2. The summed E-state index contributed by atoms with van der Waals surface area (Å²) in [5.41, 5.74) is 0. The largest absolute Gasteiger partial charge is 0.481 e. The van der Waals surface area contributed by atoms with Crippen LogP contribution in [0.5, 0.6) is 0 Å². The van der Waals surface area contributed by atoms with Gasteiger partial charge in [-0.05, 0) is 30.3 Å². The summed E-state index contributed by atoms with van der Waals surface area (Å²) in [5, 5.41) is 14.1. The fourth-order valence-corrected chi connectivity index (χ4v) is 3.58. The first-order valence-electron chi connectivity index (χ1n) is 7.25. The molecular formula is C15H22N2O3S. The second-order valence-electron chi connectivity index (χ2n) is 5.86. The quantitative estimate of drug-likeness (QED) is 0.843. The molecule has 1 aromatic heterocycles. The molecule has 2 N–H and O–H groups in total. The third-order valence-corrected chi connectivity index (χ3v) is 4.78. The molecule has 0 saturated carbocycles. The molecule has 2 rings (SSSR count). The average Bonchev–Trinajstić information content (AvgIpc) is 3.06. The van der Waals surface area contributed by atoms with Crippen molar-refractivity contribution < 1.29 is 14.7 Å². The minimum atomic E-state index is -0.767. The summed E-state index contributed by atoms with van der Waals surface area (Å²) < 4.78 is 0. The molecule has 1 saturated heterocycles. The predicted molar refractivity (Wildman–Crippen MR) is 82.2 cm³/mol. The molecule has 0 spiro atoms. The minimum Gasteiger partial charge on any atom is -0.481 e. The molecule has 2 unspecified atom stereocenters. The Morgan fingerprint density at radius 1 is 1.52 bits per heavy atom. The molecule has 2 heterocycles. The molecular weight excluding hydrogens is 288 g/mol. The van der Waals surface area contributed by atoms with Gasteiger partial charge in [-0.1, -0.05) is 19.9 Å². The maximum Gasteiger partial charge on any atom is 0.307 e. The van der Waals surface area contributed by atoms with Crippen molar-refractivity contribution in [2.24, 2.45) is 11.8 Å². The van der Waals surface area contributed by atoms with Crippen LogP contribution in [-0.4, -0.2) is 41.5 Å². The van der Waals surface area contributed by atoms with Crippen LogP contribution < -0.4 is 5.32 Å². The highest BCUT2D eigenvalue weighted by Gasteiger charge is 2.29. The fourth-order valence-electron chi connectivity index (χ4n) is 2.63. The lowest BCUT2D eigenvalue weighted by atomic mass is 10.0. The highest BCUT2D eigenvalue weighted by atomic mass is 32.1. The number of nitrogens with one attached hydrogen (secondary N) is 1. The lowest BCUT2D eigenvalue weighted by Gasteiger charge is -2.23. The van der Waals surface area contributed by atoms with Crippen LogP contribution in [-0.2, 0) is 9.59 Å². The van der Waals surface area contributed by atoms with Gasteiger partial charge in [0.1, 0.15) is 0 Å². The zero-order chi connectivity index (χ0) is 15.4. The molecule has 2 atom stereocenters. The minimum absolute atomic E-state index is 0.0235. The van der Waals surface area contributed by atoms with Crippen LogP contribution in [0.4, 0.5) is 0 Å². The number of aliphatic carboxylic acids is 1. The fraction of sp³-hybridized carbons (Fsp3) is 0.600. The van der Waals surface area contributed by atoms with Gasteiger partial charge >= 0.3 is 5.97 Å². The van der Waals surface area contributed by atoms with E-state index in [-0.39, 0.29) is 24.4 Å². The topological polar surface area (TPSA) is 69.6 Å². The number of hydrogen-bond acceptors (Lipinski definition) is 4. The SMILES string of the molecule is CC(C)C(NC(=O)CN1CCC(C(=O)O)C1)c1cccs1. The van der Waals surface area contributed by atoms with Gasteiger partial charge < -0.3 is 10.4 Å². The lowest BCUT2D eigenvalue weighted by Crippen LogP contribution is -2.39. The van der Waals surface area contributed by atoms with Gasteiger partial charge in [0.2, 0.25) is 5.91 Å². The monoisotopic (exact) mass is 310 g/mol. The van der Waals surface area contributed by atoms with E-state index >= 15 is 0 Å². The Hall–Kier alpha value is -1.40. The number of carboxylic acids is 1. The molecule has 1 aliphatic rings. The molecule has 0 aliphatic carbocycles. The molecule has 1 aliphatic heterocycles. The number of carboxylic acid groups (broad SMARTS) is 1. The van der Waals surface area contributed by atoms with Crippen LogP contribution in [0.15, 0.2) is 17.5 Å². The number of thiophene rings is 1. The zero-order valence-electron chi connectivity index (χ0n) is 12.4. The standard InChI is InChI=1S/C15H22N2O3S/c1-10(2)14(12-4-3-7-21-12)16-13(18)9-17-6-5-11(8-17)15(19)20/h3-4,7,10-11,14H,5-6,8-9H2,1-2H3,(H,16,18)(H,19,20). The molecule has 1 fully saturated rings. The number of hydrogen-bond donors (Lipinski definition) is 2. The molecule has 21 heavy (non-hydrogen) atoms. The number of rotatable bonds is 6. The van der Waals surface area contributed by atoms with Crippen molar-refractivity contribution in [2.75, 3.05) is 19.6 Å². The lowest BCUT2D eigenvalue weighted by molar-refractivity contribution is -0.141. The van der Waals surface area contributed by atoms with Crippen LogP contribution in [0, 0.1) is 11.8 Å². The molecule has 0 radical (unpaired) electrons. The third-order valence-electron chi connectivity index (χ3n) is 3.82. The van der Waals surface area contributed by atoms with Crippen LogP contribution in [0.2, 0.25) is 0 Å². The van der Waals surface area contributed by atoms with E-state index in [0.29, 0.717) is 25.4 Å². The molecule has 0 bridgehead atoms. The van der Waals surface area contributed by atoms with Crippen molar-refractivity contribution in [1.82, 2.24) is 10.2 Å².